The fourth-order valence-corrected chi connectivity index (χ4v) is 4.15. The molecule has 1 aliphatic rings. The van der Waals surface area contributed by atoms with Crippen LogP contribution in [0.2, 0.25) is 0 Å². The Morgan fingerprint density at radius 3 is 2.69 bits per heavy atom. The summed E-state index contributed by atoms with van der Waals surface area (Å²) in [5.74, 6) is 1.35. The van der Waals surface area contributed by atoms with Crippen molar-refractivity contribution in [3.05, 3.63) is 60.4 Å². The average Bonchev–Trinajstić information content (AvgIpc) is 3.27. The molecule has 2 amide bonds. The van der Waals surface area contributed by atoms with Crippen molar-refractivity contribution >= 4 is 22.6 Å². The van der Waals surface area contributed by atoms with E-state index in [1.165, 1.54) is 0 Å². The van der Waals surface area contributed by atoms with E-state index >= 15 is 0 Å². The molecule has 4 rings (SSSR count). The highest BCUT2D eigenvalue weighted by atomic mass is 16.5. The Balaban J connectivity index is 1.14. The Kier molecular flexibility index (Phi) is 7.04. The number of hydrogen-bond donors (Lipinski definition) is 1. The van der Waals surface area contributed by atoms with Gasteiger partial charge in [-0.3, -0.25) is 14.3 Å². The van der Waals surface area contributed by atoms with Gasteiger partial charge in [-0.1, -0.05) is 36.4 Å². The largest absolute Gasteiger partial charge is 0.493 e. The van der Waals surface area contributed by atoms with E-state index in [1.807, 2.05) is 29.2 Å². The van der Waals surface area contributed by atoms with Crippen LogP contribution in [-0.4, -0.2) is 52.7 Å². The second kappa shape index (κ2) is 10.3. The summed E-state index contributed by atoms with van der Waals surface area (Å²) < 4.78 is 7.57. The third-order valence-electron chi connectivity index (χ3n) is 6.03. The maximum Gasteiger partial charge on any atom is 0.254 e. The molecule has 1 saturated heterocycles. The molecule has 3 aromatic rings. The number of aromatic nitrogens is 2. The Morgan fingerprint density at radius 1 is 1.12 bits per heavy atom. The van der Waals surface area contributed by atoms with Gasteiger partial charge in [0.2, 0.25) is 5.91 Å². The minimum Gasteiger partial charge on any atom is -0.493 e. The molecule has 0 atom stereocenters. The van der Waals surface area contributed by atoms with Crippen LogP contribution in [0.4, 0.5) is 0 Å². The molecular formula is C25H30N4O3. The zero-order valence-electron chi connectivity index (χ0n) is 18.5. The summed E-state index contributed by atoms with van der Waals surface area (Å²) in [4.78, 5) is 26.7. The van der Waals surface area contributed by atoms with Gasteiger partial charge in [0.05, 0.1) is 18.4 Å². The van der Waals surface area contributed by atoms with E-state index in [2.05, 4.69) is 28.6 Å². The molecule has 1 aliphatic heterocycles. The molecule has 0 spiro atoms. The lowest BCUT2D eigenvalue weighted by Crippen LogP contribution is -2.41. The van der Waals surface area contributed by atoms with Gasteiger partial charge < -0.3 is 15.0 Å². The van der Waals surface area contributed by atoms with Gasteiger partial charge in [0, 0.05) is 44.7 Å². The Hall–Kier alpha value is -3.35. The van der Waals surface area contributed by atoms with E-state index in [0.717, 1.165) is 42.5 Å². The summed E-state index contributed by atoms with van der Waals surface area (Å²) in [7, 11) is 1.79. The number of likely N-dealkylation sites (tertiary alicyclic amines) is 1. The van der Waals surface area contributed by atoms with Gasteiger partial charge in [0.15, 0.2) is 0 Å². The molecule has 0 unspecified atom stereocenters. The van der Waals surface area contributed by atoms with Crippen molar-refractivity contribution in [3.8, 4) is 5.75 Å². The van der Waals surface area contributed by atoms with Crippen LogP contribution < -0.4 is 10.1 Å². The van der Waals surface area contributed by atoms with E-state index in [9.17, 15) is 9.59 Å². The molecular weight excluding hydrogens is 404 g/mol. The summed E-state index contributed by atoms with van der Waals surface area (Å²) in [6, 6.07) is 14.2. The summed E-state index contributed by atoms with van der Waals surface area (Å²) in [6.45, 7) is 2.65. The van der Waals surface area contributed by atoms with Crippen LogP contribution >= 0.6 is 0 Å². The first-order valence-electron chi connectivity index (χ1n) is 11.3. The number of rotatable bonds is 8. The van der Waals surface area contributed by atoms with Crippen LogP contribution in [0.15, 0.2) is 54.9 Å². The van der Waals surface area contributed by atoms with Crippen LogP contribution in [-0.2, 0) is 11.8 Å². The number of amides is 2. The molecule has 0 radical (unpaired) electrons. The molecule has 0 bridgehead atoms. The first-order valence-corrected chi connectivity index (χ1v) is 11.3. The van der Waals surface area contributed by atoms with Crippen LogP contribution in [0.3, 0.4) is 0 Å². The van der Waals surface area contributed by atoms with Crippen LogP contribution in [0.5, 0.6) is 5.75 Å². The van der Waals surface area contributed by atoms with Crippen molar-refractivity contribution in [2.24, 2.45) is 13.0 Å². The highest BCUT2D eigenvalue weighted by Gasteiger charge is 2.23. The van der Waals surface area contributed by atoms with Gasteiger partial charge >= 0.3 is 0 Å². The van der Waals surface area contributed by atoms with Gasteiger partial charge in [-0.25, -0.2) is 0 Å². The van der Waals surface area contributed by atoms with Gasteiger partial charge in [-0.2, -0.15) is 5.10 Å². The molecule has 168 valence electrons. The lowest BCUT2D eigenvalue weighted by atomic mass is 9.96. The number of nitrogens with zero attached hydrogens (tertiary/aromatic N) is 3. The van der Waals surface area contributed by atoms with Crippen LogP contribution in [0, 0.1) is 5.92 Å². The normalized spacial score (nSPS) is 14.5. The maximum absolute atomic E-state index is 12.6. The second-order valence-electron chi connectivity index (χ2n) is 8.37. The number of fused-ring (bicyclic) bond motifs is 1. The van der Waals surface area contributed by atoms with E-state index in [4.69, 9.17) is 4.74 Å². The number of carbonyl (C=O) groups is 2. The number of hydrogen-bond acceptors (Lipinski definition) is 4. The number of carbonyl (C=O) groups excluding carboxylic acids is 2. The Bertz CT molecular complexity index is 1060. The average molecular weight is 435 g/mol. The summed E-state index contributed by atoms with van der Waals surface area (Å²) in [5.41, 5.74) is 0.575. The predicted octanol–water partition coefficient (Wildman–Crippen LogP) is 3.40. The Morgan fingerprint density at radius 2 is 1.91 bits per heavy atom. The standard InChI is InChI=1S/C25H30N4O3/c1-28-18-21(17-27-28)25(31)26-16-19-11-13-29(14-12-19)24(30)10-5-15-32-23-9-4-7-20-6-2-3-8-22(20)23/h2-4,6-9,17-19H,5,10-16H2,1H3,(H,26,31). The minimum absolute atomic E-state index is 0.0946. The monoisotopic (exact) mass is 434 g/mol. The van der Waals surface area contributed by atoms with Gasteiger partial charge in [-0.15, -0.1) is 0 Å². The second-order valence-corrected chi connectivity index (χ2v) is 8.37. The molecule has 0 saturated carbocycles. The Labute approximate surface area is 188 Å². The van der Waals surface area contributed by atoms with Crippen molar-refractivity contribution in [1.29, 1.82) is 0 Å². The lowest BCUT2D eigenvalue weighted by Gasteiger charge is -2.32. The quantitative estimate of drug-likeness (QED) is 0.552. The SMILES string of the molecule is Cn1cc(C(=O)NCC2CCN(C(=O)CCCOc3cccc4ccccc34)CC2)cn1. The van der Waals surface area contributed by atoms with Crippen molar-refractivity contribution < 1.29 is 14.3 Å². The summed E-state index contributed by atoms with van der Waals surface area (Å²) in [6.07, 6.45) is 6.29. The van der Waals surface area contributed by atoms with Crippen molar-refractivity contribution in [2.45, 2.75) is 25.7 Å². The summed E-state index contributed by atoms with van der Waals surface area (Å²) >= 11 is 0. The molecule has 0 aliphatic carbocycles. The van der Waals surface area contributed by atoms with E-state index in [0.29, 0.717) is 37.5 Å². The topological polar surface area (TPSA) is 76.5 Å². The molecule has 1 N–H and O–H groups in total. The molecule has 1 aromatic heterocycles. The number of aryl methyl sites for hydroxylation is 1. The zero-order chi connectivity index (χ0) is 22.3. The first kappa shape index (κ1) is 21.9. The molecule has 32 heavy (non-hydrogen) atoms. The molecule has 2 heterocycles. The van der Waals surface area contributed by atoms with Gasteiger partial charge in [0.25, 0.3) is 5.91 Å². The van der Waals surface area contributed by atoms with E-state index < -0.39 is 0 Å². The smallest absolute Gasteiger partial charge is 0.254 e. The van der Waals surface area contributed by atoms with Crippen molar-refractivity contribution in [1.82, 2.24) is 20.0 Å². The molecule has 7 nitrogen and oxygen atoms in total. The lowest BCUT2D eigenvalue weighted by molar-refractivity contribution is -0.132. The van der Waals surface area contributed by atoms with Crippen molar-refractivity contribution in [3.63, 3.8) is 0 Å². The van der Waals surface area contributed by atoms with Gasteiger partial charge in [-0.05, 0) is 36.6 Å². The summed E-state index contributed by atoms with van der Waals surface area (Å²) in [5, 5.41) is 9.26. The van der Waals surface area contributed by atoms with Gasteiger partial charge in [0.1, 0.15) is 5.75 Å². The van der Waals surface area contributed by atoms with Crippen molar-refractivity contribution in [2.75, 3.05) is 26.2 Å². The predicted molar refractivity (Wildman–Crippen MR) is 124 cm³/mol. The fraction of sp³-hybridized carbons (Fsp3) is 0.400. The number of ether oxygens (including phenoxy) is 1. The molecule has 1 fully saturated rings. The maximum atomic E-state index is 12.6. The van der Waals surface area contributed by atoms with E-state index in [1.54, 1.807) is 24.1 Å². The third-order valence-corrected chi connectivity index (χ3v) is 6.03. The van der Waals surface area contributed by atoms with Crippen LogP contribution in [0.1, 0.15) is 36.0 Å². The molecule has 2 aromatic carbocycles. The number of nitrogens with one attached hydrogen (secondary N) is 1. The highest BCUT2D eigenvalue weighted by molar-refractivity contribution is 5.93. The van der Waals surface area contributed by atoms with Crippen LogP contribution in [0.25, 0.3) is 10.8 Å². The first-order chi connectivity index (χ1) is 15.6. The van der Waals surface area contributed by atoms with E-state index in [-0.39, 0.29) is 11.8 Å². The fourth-order valence-electron chi connectivity index (χ4n) is 4.15. The third kappa shape index (κ3) is 5.46. The molecule has 7 heteroatoms. The number of piperidine rings is 1. The number of benzene rings is 2. The zero-order valence-corrected chi connectivity index (χ0v) is 18.5. The minimum atomic E-state index is -0.0946. The highest BCUT2D eigenvalue weighted by Crippen LogP contribution is 2.25.